The van der Waals surface area contributed by atoms with Gasteiger partial charge < -0.3 is 14.8 Å². The van der Waals surface area contributed by atoms with Crippen LogP contribution in [0.4, 0.5) is 5.95 Å². The first kappa shape index (κ1) is 13.5. The van der Waals surface area contributed by atoms with Crippen LogP contribution in [0, 0.1) is 5.92 Å². The van der Waals surface area contributed by atoms with Crippen LogP contribution in [0.1, 0.15) is 26.7 Å². The lowest BCUT2D eigenvalue weighted by Crippen LogP contribution is -2.07. The molecule has 96 valence electrons. The van der Waals surface area contributed by atoms with Gasteiger partial charge in [0.15, 0.2) is 0 Å². The van der Waals surface area contributed by atoms with Crippen LogP contribution >= 0.6 is 0 Å². The SMILES string of the molecule is CNc1nc(OC)nc(OCCCC(C)C)n1. The maximum Gasteiger partial charge on any atom is 0.324 e. The molecule has 6 heteroatoms. The highest BCUT2D eigenvalue weighted by Gasteiger charge is 2.06. The van der Waals surface area contributed by atoms with E-state index in [0.29, 0.717) is 24.5 Å². The molecule has 0 aliphatic carbocycles. The fraction of sp³-hybridized carbons (Fsp3) is 0.727. The molecule has 0 fully saturated rings. The van der Waals surface area contributed by atoms with Crippen LogP contribution in [0.5, 0.6) is 12.0 Å². The van der Waals surface area contributed by atoms with Crippen molar-refractivity contribution in [1.82, 2.24) is 15.0 Å². The quantitative estimate of drug-likeness (QED) is 0.732. The van der Waals surface area contributed by atoms with Crippen molar-refractivity contribution in [3.63, 3.8) is 0 Å². The van der Waals surface area contributed by atoms with Gasteiger partial charge in [-0.25, -0.2) is 0 Å². The third-order valence-electron chi connectivity index (χ3n) is 2.16. The van der Waals surface area contributed by atoms with Gasteiger partial charge >= 0.3 is 12.0 Å². The Morgan fingerprint density at radius 1 is 1.18 bits per heavy atom. The molecule has 0 spiro atoms. The average Bonchev–Trinajstić information content (AvgIpc) is 2.34. The van der Waals surface area contributed by atoms with Gasteiger partial charge in [-0.15, -0.1) is 4.98 Å². The third kappa shape index (κ3) is 4.84. The normalized spacial score (nSPS) is 10.4. The molecule has 17 heavy (non-hydrogen) atoms. The zero-order chi connectivity index (χ0) is 12.7. The molecule has 1 aromatic heterocycles. The van der Waals surface area contributed by atoms with Gasteiger partial charge in [-0.3, -0.25) is 0 Å². The second kappa shape index (κ2) is 6.88. The summed E-state index contributed by atoms with van der Waals surface area (Å²) >= 11 is 0. The molecular formula is C11H20N4O2. The van der Waals surface area contributed by atoms with E-state index in [0.717, 1.165) is 12.8 Å². The molecule has 1 rings (SSSR count). The van der Waals surface area contributed by atoms with Crippen molar-refractivity contribution >= 4 is 5.95 Å². The Balaban J connectivity index is 2.51. The molecule has 0 aliphatic rings. The second-order valence-electron chi connectivity index (χ2n) is 4.06. The number of nitrogens with one attached hydrogen (secondary N) is 1. The third-order valence-corrected chi connectivity index (χ3v) is 2.16. The Hall–Kier alpha value is -1.59. The van der Waals surface area contributed by atoms with Crippen molar-refractivity contribution in [2.45, 2.75) is 26.7 Å². The molecule has 0 aliphatic heterocycles. The summed E-state index contributed by atoms with van der Waals surface area (Å²) in [5.74, 6) is 1.12. The monoisotopic (exact) mass is 240 g/mol. The first-order valence-electron chi connectivity index (χ1n) is 5.76. The largest absolute Gasteiger partial charge is 0.467 e. The Bertz CT molecular complexity index is 322. The smallest absolute Gasteiger partial charge is 0.324 e. The maximum atomic E-state index is 5.46. The predicted molar refractivity (Wildman–Crippen MR) is 65.5 cm³/mol. The van der Waals surface area contributed by atoms with Crippen LogP contribution in [0.2, 0.25) is 0 Å². The number of hydrogen-bond donors (Lipinski definition) is 1. The molecule has 0 amide bonds. The summed E-state index contributed by atoms with van der Waals surface area (Å²) in [6.07, 6.45) is 2.11. The molecule has 0 aromatic carbocycles. The van der Waals surface area contributed by atoms with Gasteiger partial charge in [0, 0.05) is 7.05 Å². The van der Waals surface area contributed by atoms with E-state index >= 15 is 0 Å². The highest BCUT2D eigenvalue weighted by atomic mass is 16.5. The average molecular weight is 240 g/mol. The Labute approximate surface area is 102 Å². The molecule has 0 saturated carbocycles. The molecule has 0 bridgehead atoms. The minimum atomic E-state index is 0.253. The van der Waals surface area contributed by atoms with Crippen molar-refractivity contribution in [3.8, 4) is 12.0 Å². The molecular weight excluding hydrogens is 220 g/mol. The van der Waals surface area contributed by atoms with Crippen LogP contribution in [-0.4, -0.2) is 35.7 Å². The molecule has 1 aromatic rings. The van der Waals surface area contributed by atoms with Gasteiger partial charge in [-0.05, 0) is 18.8 Å². The molecule has 0 atom stereocenters. The predicted octanol–water partition coefficient (Wildman–Crippen LogP) is 1.74. The Kier molecular flexibility index (Phi) is 5.45. The number of anilines is 1. The number of nitrogens with zero attached hydrogens (tertiary/aromatic N) is 3. The van der Waals surface area contributed by atoms with Gasteiger partial charge in [0.1, 0.15) is 0 Å². The van der Waals surface area contributed by atoms with Gasteiger partial charge in [0.2, 0.25) is 5.95 Å². The standard InChI is InChI=1S/C11H20N4O2/c1-8(2)6-5-7-17-11-14-9(12-3)13-10(15-11)16-4/h8H,5-7H2,1-4H3,(H,12,13,14,15). The van der Waals surface area contributed by atoms with Crippen LogP contribution in [0.15, 0.2) is 0 Å². The van der Waals surface area contributed by atoms with Crippen molar-refractivity contribution < 1.29 is 9.47 Å². The van der Waals surface area contributed by atoms with E-state index in [2.05, 4.69) is 34.1 Å². The van der Waals surface area contributed by atoms with Gasteiger partial charge in [-0.2, -0.15) is 9.97 Å². The maximum absolute atomic E-state index is 5.46. The van der Waals surface area contributed by atoms with Gasteiger partial charge in [0.25, 0.3) is 0 Å². The lowest BCUT2D eigenvalue weighted by atomic mass is 10.1. The van der Waals surface area contributed by atoms with Gasteiger partial charge in [0.05, 0.1) is 13.7 Å². The van der Waals surface area contributed by atoms with Crippen molar-refractivity contribution in [3.05, 3.63) is 0 Å². The highest BCUT2D eigenvalue weighted by Crippen LogP contribution is 2.12. The van der Waals surface area contributed by atoms with E-state index in [1.165, 1.54) is 7.11 Å². The van der Waals surface area contributed by atoms with Crippen LogP contribution in [0.3, 0.4) is 0 Å². The lowest BCUT2D eigenvalue weighted by Gasteiger charge is -2.08. The zero-order valence-corrected chi connectivity index (χ0v) is 10.9. The Morgan fingerprint density at radius 3 is 2.47 bits per heavy atom. The van der Waals surface area contributed by atoms with E-state index in [1.807, 2.05) is 0 Å². The molecule has 0 radical (unpaired) electrons. The number of ether oxygens (including phenoxy) is 2. The zero-order valence-electron chi connectivity index (χ0n) is 10.9. The topological polar surface area (TPSA) is 69.2 Å². The number of aromatic nitrogens is 3. The second-order valence-corrected chi connectivity index (χ2v) is 4.06. The summed E-state index contributed by atoms with van der Waals surface area (Å²) in [7, 11) is 3.24. The van der Waals surface area contributed by atoms with E-state index in [1.54, 1.807) is 7.05 Å². The lowest BCUT2D eigenvalue weighted by molar-refractivity contribution is 0.267. The van der Waals surface area contributed by atoms with Crippen LogP contribution in [-0.2, 0) is 0 Å². The van der Waals surface area contributed by atoms with Crippen LogP contribution < -0.4 is 14.8 Å². The summed E-state index contributed by atoms with van der Waals surface area (Å²) in [5.41, 5.74) is 0. The molecule has 1 N–H and O–H groups in total. The summed E-state index contributed by atoms with van der Waals surface area (Å²) in [4.78, 5) is 12.1. The number of methoxy groups -OCH3 is 1. The number of rotatable bonds is 7. The fourth-order valence-electron chi connectivity index (χ4n) is 1.26. The highest BCUT2D eigenvalue weighted by molar-refractivity contribution is 5.26. The minimum Gasteiger partial charge on any atom is -0.467 e. The van der Waals surface area contributed by atoms with Crippen molar-refractivity contribution in [2.24, 2.45) is 5.92 Å². The Morgan fingerprint density at radius 2 is 1.88 bits per heavy atom. The van der Waals surface area contributed by atoms with Crippen molar-refractivity contribution in [2.75, 3.05) is 26.1 Å². The van der Waals surface area contributed by atoms with Gasteiger partial charge in [-0.1, -0.05) is 13.8 Å². The van der Waals surface area contributed by atoms with E-state index in [9.17, 15) is 0 Å². The summed E-state index contributed by atoms with van der Waals surface area (Å²) < 4.78 is 10.4. The minimum absolute atomic E-state index is 0.253. The fourth-order valence-corrected chi connectivity index (χ4v) is 1.26. The summed E-state index contributed by atoms with van der Waals surface area (Å²) in [6, 6.07) is 0.549. The van der Waals surface area contributed by atoms with Crippen LogP contribution in [0.25, 0.3) is 0 Å². The first-order valence-corrected chi connectivity index (χ1v) is 5.76. The summed E-state index contributed by atoms with van der Waals surface area (Å²) in [6.45, 7) is 4.98. The number of hydrogen-bond acceptors (Lipinski definition) is 6. The molecule has 0 unspecified atom stereocenters. The van der Waals surface area contributed by atoms with E-state index < -0.39 is 0 Å². The van der Waals surface area contributed by atoms with E-state index in [4.69, 9.17) is 9.47 Å². The molecule has 0 saturated heterocycles. The molecule has 1 heterocycles. The first-order chi connectivity index (χ1) is 8.15. The van der Waals surface area contributed by atoms with E-state index in [-0.39, 0.29) is 6.01 Å². The summed E-state index contributed by atoms with van der Waals surface area (Å²) in [5, 5.41) is 2.83. The van der Waals surface area contributed by atoms with Crippen molar-refractivity contribution in [1.29, 1.82) is 0 Å². The molecule has 6 nitrogen and oxygen atoms in total.